The molecular weight excluding hydrogens is 254 g/mol. The van der Waals surface area contributed by atoms with E-state index in [1.165, 1.54) is 21.4 Å². The molecule has 3 aromatic rings. The van der Waals surface area contributed by atoms with Gasteiger partial charge in [-0.25, -0.2) is 4.98 Å². The highest BCUT2D eigenvalue weighted by Crippen LogP contribution is 2.30. The van der Waals surface area contributed by atoms with E-state index in [0.29, 0.717) is 0 Å². The van der Waals surface area contributed by atoms with E-state index in [-0.39, 0.29) is 0 Å². The second kappa shape index (κ2) is 4.97. The number of rotatable bonds is 3. The van der Waals surface area contributed by atoms with Crippen molar-refractivity contribution in [3.05, 3.63) is 53.3 Å². The van der Waals surface area contributed by atoms with Crippen LogP contribution in [0.5, 0.6) is 0 Å². The van der Waals surface area contributed by atoms with Gasteiger partial charge in [-0.2, -0.15) is 0 Å². The maximum absolute atomic E-state index is 4.68. The third-order valence-corrected chi connectivity index (χ3v) is 4.28. The quantitative estimate of drug-likeness (QED) is 0.783. The minimum atomic E-state index is 0.778. The van der Waals surface area contributed by atoms with Crippen LogP contribution in [0.1, 0.15) is 16.7 Å². The fourth-order valence-corrected chi connectivity index (χ4v) is 3.02. The van der Waals surface area contributed by atoms with E-state index < -0.39 is 0 Å². The number of hydrogen-bond donors (Lipinski definition) is 1. The van der Waals surface area contributed by atoms with Gasteiger partial charge in [-0.1, -0.05) is 23.5 Å². The molecule has 19 heavy (non-hydrogen) atoms. The molecule has 0 radical (unpaired) electrons. The van der Waals surface area contributed by atoms with Crippen LogP contribution in [-0.4, -0.2) is 9.97 Å². The number of nitrogens with one attached hydrogen (secondary N) is 1. The number of fused-ring (bicyclic) bond motifs is 1. The fourth-order valence-electron chi connectivity index (χ4n) is 2.01. The highest BCUT2D eigenvalue weighted by Gasteiger charge is 2.08. The molecule has 3 rings (SSSR count). The SMILES string of the molecule is Cc1ccc(C)c2sc(NCc3ccncc3)nc12. The van der Waals surface area contributed by atoms with E-state index in [1.54, 1.807) is 11.3 Å². The monoisotopic (exact) mass is 269 g/mol. The van der Waals surface area contributed by atoms with E-state index in [0.717, 1.165) is 17.2 Å². The van der Waals surface area contributed by atoms with Crippen molar-refractivity contribution >= 4 is 26.7 Å². The van der Waals surface area contributed by atoms with Gasteiger partial charge >= 0.3 is 0 Å². The zero-order chi connectivity index (χ0) is 13.2. The molecule has 0 atom stereocenters. The predicted octanol–water partition coefficient (Wildman–Crippen LogP) is 3.92. The van der Waals surface area contributed by atoms with E-state index in [2.05, 4.69) is 41.3 Å². The van der Waals surface area contributed by atoms with Gasteiger partial charge in [0.05, 0.1) is 10.2 Å². The molecule has 0 amide bonds. The van der Waals surface area contributed by atoms with Crippen LogP contribution in [0.4, 0.5) is 5.13 Å². The minimum Gasteiger partial charge on any atom is -0.357 e. The summed E-state index contributed by atoms with van der Waals surface area (Å²) >= 11 is 1.72. The van der Waals surface area contributed by atoms with Gasteiger partial charge in [0.25, 0.3) is 0 Å². The smallest absolute Gasteiger partial charge is 0.184 e. The molecule has 0 bridgehead atoms. The first-order valence-corrected chi connectivity index (χ1v) is 7.05. The summed E-state index contributed by atoms with van der Waals surface area (Å²) in [6.45, 7) is 5.02. The maximum atomic E-state index is 4.68. The molecule has 1 N–H and O–H groups in total. The van der Waals surface area contributed by atoms with Crippen LogP contribution in [-0.2, 0) is 6.54 Å². The first-order valence-electron chi connectivity index (χ1n) is 6.23. The Balaban J connectivity index is 1.86. The van der Waals surface area contributed by atoms with Gasteiger partial charge in [0.2, 0.25) is 0 Å². The number of anilines is 1. The van der Waals surface area contributed by atoms with Crippen LogP contribution in [0.15, 0.2) is 36.7 Å². The Morgan fingerprint density at radius 2 is 1.79 bits per heavy atom. The number of hydrogen-bond acceptors (Lipinski definition) is 4. The molecule has 2 heterocycles. The molecule has 0 unspecified atom stereocenters. The topological polar surface area (TPSA) is 37.8 Å². The summed E-state index contributed by atoms with van der Waals surface area (Å²) in [5.74, 6) is 0. The molecule has 0 spiro atoms. The van der Waals surface area contributed by atoms with Crippen LogP contribution in [0.3, 0.4) is 0 Å². The number of pyridine rings is 1. The molecule has 0 saturated heterocycles. The van der Waals surface area contributed by atoms with Gasteiger partial charge in [-0.05, 0) is 42.7 Å². The molecule has 2 aromatic heterocycles. The van der Waals surface area contributed by atoms with Gasteiger partial charge < -0.3 is 5.32 Å². The van der Waals surface area contributed by atoms with Crippen LogP contribution >= 0.6 is 11.3 Å². The second-order valence-electron chi connectivity index (χ2n) is 4.61. The molecule has 3 nitrogen and oxygen atoms in total. The minimum absolute atomic E-state index is 0.778. The molecule has 1 aromatic carbocycles. The average molecular weight is 269 g/mol. The van der Waals surface area contributed by atoms with E-state index in [1.807, 2.05) is 24.5 Å². The predicted molar refractivity (Wildman–Crippen MR) is 80.7 cm³/mol. The van der Waals surface area contributed by atoms with Crippen molar-refractivity contribution < 1.29 is 0 Å². The zero-order valence-corrected chi connectivity index (χ0v) is 11.8. The first kappa shape index (κ1) is 12.1. The molecular formula is C15H15N3S. The normalized spacial score (nSPS) is 10.8. The highest BCUT2D eigenvalue weighted by atomic mass is 32.1. The average Bonchev–Trinajstić information content (AvgIpc) is 2.87. The lowest BCUT2D eigenvalue weighted by atomic mass is 10.1. The fraction of sp³-hybridized carbons (Fsp3) is 0.200. The van der Waals surface area contributed by atoms with Gasteiger partial charge in [0.15, 0.2) is 5.13 Å². The molecule has 4 heteroatoms. The summed E-state index contributed by atoms with van der Waals surface area (Å²) in [6.07, 6.45) is 3.62. The van der Waals surface area contributed by atoms with Crippen molar-refractivity contribution in [2.75, 3.05) is 5.32 Å². The summed E-state index contributed by atoms with van der Waals surface area (Å²) in [6, 6.07) is 8.31. The third kappa shape index (κ3) is 2.44. The molecule has 0 aliphatic carbocycles. The Hall–Kier alpha value is -1.94. The molecule has 96 valence electrons. The number of thiazole rings is 1. The van der Waals surface area contributed by atoms with Crippen LogP contribution in [0.25, 0.3) is 10.2 Å². The zero-order valence-electron chi connectivity index (χ0n) is 11.0. The molecule has 0 aliphatic rings. The Kier molecular flexibility index (Phi) is 3.17. The molecule has 0 fully saturated rings. The lowest BCUT2D eigenvalue weighted by Gasteiger charge is -2.01. The van der Waals surface area contributed by atoms with Crippen LogP contribution < -0.4 is 5.32 Å². The van der Waals surface area contributed by atoms with Crippen molar-refractivity contribution in [1.29, 1.82) is 0 Å². The number of benzene rings is 1. The number of aryl methyl sites for hydroxylation is 2. The van der Waals surface area contributed by atoms with Crippen molar-refractivity contribution in [3.8, 4) is 0 Å². The standard InChI is InChI=1S/C15H15N3S/c1-10-3-4-11(2)14-13(10)18-15(19-14)17-9-12-5-7-16-8-6-12/h3-8H,9H2,1-2H3,(H,17,18). The van der Waals surface area contributed by atoms with Gasteiger partial charge in [-0.3, -0.25) is 4.98 Å². The van der Waals surface area contributed by atoms with E-state index >= 15 is 0 Å². The van der Waals surface area contributed by atoms with Crippen molar-refractivity contribution in [2.45, 2.75) is 20.4 Å². The summed E-state index contributed by atoms with van der Waals surface area (Å²) in [5.41, 5.74) is 4.84. The molecule has 0 aliphatic heterocycles. The van der Waals surface area contributed by atoms with Crippen LogP contribution in [0.2, 0.25) is 0 Å². The number of aromatic nitrogens is 2. The number of nitrogens with zero attached hydrogens (tertiary/aromatic N) is 2. The second-order valence-corrected chi connectivity index (χ2v) is 5.60. The van der Waals surface area contributed by atoms with Gasteiger partial charge in [0.1, 0.15) is 0 Å². The summed E-state index contributed by atoms with van der Waals surface area (Å²) in [4.78, 5) is 8.70. The third-order valence-electron chi connectivity index (χ3n) is 3.14. The summed E-state index contributed by atoms with van der Waals surface area (Å²) < 4.78 is 1.28. The Bertz CT molecular complexity index is 665. The van der Waals surface area contributed by atoms with E-state index in [4.69, 9.17) is 0 Å². The summed E-state index contributed by atoms with van der Waals surface area (Å²) in [7, 11) is 0. The Morgan fingerprint density at radius 3 is 2.53 bits per heavy atom. The van der Waals surface area contributed by atoms with Crippen LogP contribution in [0, 0.1) is 13.8 Å². The maximum Gasteiger partial charge on any atom is 0.184 e. The van der Waals surface area contributed by atoms with Crippen molar-refractivity contribution in [1.82, 2.24) is 9.97 Å². The highest BCUT2D eigenvalue weighted by molar-refractivity contribution is 7.22. The first-order chi connectivity index (χ1) is 9.24. The van der Waals surface area contributed by atoms with Crippen molar-refractivity contribution in [3.63, 3.8) is 0 Å². The lowest BCUT2D eigenvalue weighted by Crippen LogP contribution is -1.98. The Labute approximate surface area is 116 Å². The van der Waals surface area contributed by atoms with Gasteiger partial charge in [0, 0.05) is 18.9 Å². The van der Waals surface area contributed by atoms with Crippen molar-refractivity contribution in [2.24, 2.45) is 0 Å². The van der Waals surface area contributed by atoms with Gasteiger partial charge in [-0.15, -0.1) is 0 Å². The summed E-state index contributed by atoms with van der Waals surface area (Å²) in [5, 5.41) is 4.36. The largest absolute Gasteiger partial charge is 0.357 e. The molecule has 0 saturated carbocycles. The Morgan fingerprint density at radius 1 is 1.05 bits per heavy atom. The van der Waals surface area contributed by atoms with E-state index in [9.17, 15) is 0 Å². The lowest BCUT2D eigenvalue weighted by molar-refractivity contribution is 1.12.